The topological polar surface area (TPSA) is 59.4 Å². The van der Waals surface area contributed by atoms with Gasteiger partial charge in [-0.15, -0.1) is 0 Å². The van der Waals surface area contributed by atoms with Crippen molar-refractivity contribution in [3.63, 3.8) is 0 Å². The molecule has 0 aliphatic heterocycles. The Morgan fingerprint density at radius 1 is 1.40 bits per heavy atom. The molecule has 0 fully saturated rings. The summed E-state index contributed by atoms with van der Waals surface area (Å²) in [4.78, 5) is 15.1. The van der Waals surface area contributed by atoms with Crippen LogP contribution in [0.3, 0.4) is 0 Å². The van der Waals surface area contributed by atoms with Crippen molar-refractivity contribution >= 4 is 40.1 Å². The summed E-state index contributed by atoms with van der Waals surface area (Å²) in [5.74, 6) is -0.570. The summed E-state index contributed by atoms with van der Waals surface area (Å²) >= 11 is 12.3. The predicted molar refractivity (Wildman–Crippen MR) is 78.8 cm³/mol. The number of hydrogen-bond donors (Lipinski definition) is 1. The molecule has 106 valence electrons. The van der Waals surface area contributed by atoms with Crippen LogP contribution in [-0.4, -0.2) is 22.2 Å². The van der Waals surface area contributed by atoms with E-state index in [9.17, 15) is 4.79 Å². The van der Waals surface area contributed by atoms with Gasteiger partial charge >= 0.3 is 5.97 Å². The summed E-state index contributed by atoms with van der Waals surface area (Å²) in [5, 5.41) is 10.3. The third-order valence-corrected chi connectivity index (χ3v) is 3.35. The van der Waals surface area contributed by atoms with E-state index in [-0.39, 0.29) is 6.42 Å². The highest BCUT2D eigenvalue weighted by Crippen LogP contribution is 2.37. The first-order valence-electron chi connectivity index (χ1n) is 6.02. The van der Waals surface area contributed by atoms with Crippen molar-refractivity contribution in [1.29, 1.82) is 0 Å². The third kappa shape index (κ3) is 3.14. The average Bonchev–Trinajstić information content (AvgIpc) is 2.33. The lowest BCUT2D eigenvalue weighted by molar-refractivity contribution is -0.138. The molecule has 0 aliphatic rings. The number of carboxylic acids is 1. The van der Waals surface area contributed by atoms with Gasteiger partial charge in [-0.2, -0.15) is 0 Å². The minimum absolute atomic E-state index is 0.119. The van der Waals surface area contributed by atoms with E-state index in [0.29, 0.717) is 21.3 Å². The Bertz CT molecular complexity index is 673. The van der Waals surface area contributed by atoms with Crippen molar-refractivity contribution < 1.29 is 14.6 Å². The standard InChI is InChI=1S/C14H13Cl2NO3/c1-7-3-4-9-10(15)6-11(16)14(13(9)17-7)20-8(2)5-12(18)19/h3-4,6,8H,5H2,1-2H3,(H,18,19)/t8-/m0/s1. The second kappa shape index (κ2) is 5.85. The van der Waals surface area contributed by atoms with Crippen LogP contribution >= 0.6 is 23.2 Å². The zero-order chi connectivity index (χ0) is 14.9. The molecule has 0 saturated carbocycles. The van der Waals surface area contributed by atoms with Crippen molar-refractivity contribution in [3.05, 3.63) is 33.9 Å². The van der Waals surface area contributed by atoms with Gasteiger partial charge in [-0.1, -0.05) is 23.2 Å². The largest absolute Gasteiger partial charge is 0.486 e. The van der Waals surface area contributed by atoms with Crippen LogP contribution in [0.2, 0.25) is 10.0 Å². The van der Waals surface area contributed by atoms with Crippen LogP contribution in [-0.2, 0) is 4.79 Å². The van der Waals surface area contributed by atoms with E-state index in [1.54, 1.807) is 13.0 Å². The molecule has 0 amide bonds. The average molecular weight is 314 g/mol. The number of pyridine rings is 1. The number of rotatable bonds is 4. The summed E-state index contributed by atoms with van der Waals surface area (Å²) < 4.78 is 5.65. The van der Waals surface area contributed by atoms with Crippen LogP contribution in [0.25, 0.3) is 10.9 Å². The van der Waals surface area contributed by atoms with E-state index >= 15 is 0 Å². The maximum Gasteiger partial charge on any atom is 0.307 e. The summed E-state index contributed by atoms with van der Waals surface area (Å²) in [5.41, 5.74) is 1.34. The number of aromatic nitrogens is 1. The fourth-order valence-corrected chi connectivity index (χ4v) is 2.45. The molecule has 0 spiro atoms. The molecule has 2 rings (SSSR count). The van der Waals surface area contributed by atoms with Crippen LogP contribution in [0.4, 0.5) is 0 Å². The summed E-state index contributed by atoms with van der Waals surface area (Å²) in [6, 6.07) is 5.25. The quantitative estimate of drug-likeness (QED) is 0.923. The first kappa shape index (κ1) is 14.9. The maximum absolute atomic E-state index is 10.7. The molecule has 0 bridgehead atoms. The van der Waals surface area contributed by atoms with Gasteiger partial charge in [0.1, 0.15) is 11.6 Å². The molecule has 4 nitrogen and oxygen atoms in total. The van der Waals surface area contributed by atoms with Crippen LogP contribution < -0.4 is 4.74 Å². The van der Waals surface area contributed by atoms with Gasteiger partial charge in [-0.3, -0.25) is 4.79 Å². The van der Waals surface area contributed by atoms with Gasteiger partial charge in [0.15, 0.2) is 5.75 Å². The van der Waals surface area contributed by atoms with Gasteiger partial charge in [-0.25, -0.2) is 4.98 Å². The molecule has 2 aromatic rings. The molecule has 0 saturated heterocycles. The van der Waals surface area contributed by atoms with Crippen LogP contribution in [0.1, 0.15) is 19.0 Å². The zero-order valence-electron chi connectivity index (χ0n) is 11.0. The number of nitrogens with zero attached hydrogens (tertiary/aromatic N) is 1. The Balaban J connectivity index is 2.51. The lowest BCUT2D eigenvalue weighted by Crippen LogP contribution is -2.17. The summed E-state index contributed by atoms with van der Waals surface area (Å²) in [6.45, 7) is 3.51. The van der Waals surface area contributed by atoms with E-state index in [0.717, 1.165) is 11.1 Å². The lowest BCUT2D eigenvalue weighted by Gasteiger charge is -2.16. The maximum atomic E-state index is 10.7. The van der Waals surface area contributed by atoms with Gasteiger partial charge < -0.3 is 9.84 Å². The number of hydrogen-bond acceptors (Lipinski definition) is 3. The predicted octanol–water partition coefficient (Wildman–Crippen LogP) is 4.09. The van der Waals surface area contributed by atoms with E-state index in [4.69, 9.17) is 33.0 Å². The Morgan fingerprint density at radius 2 is 2.10 bits per heavy atom. The SMILES string of the molecule is Cc1ccc2c(Cl)cc(Cl)c(O[C@@H](C)CC(=O)O)c2n1. The molecular weight excluding hydrogens is 301 g/mol. The molecule has 1 heterocycles. The van der Waals surface area contributed by atoms with Crippen molar-refractivity contribution in [2.75, 3.05) is 0 Å². The van der Waals surface area contributed by atoms with E-state index < -0.39 is 12.1 Å². The molecule has 20 heavy (non-hydrogen) atoms. The second-order valence-corrected chi connectivity index (χ2v) is 5.36. The summed E-state index contributed by atoms with van der Waals surface area (Å²) in [7, 11) is 0. The number of aryl methyl sites for hydroxylation is 1. The Hall–Kier alpha value is -1.52. The van der Waals surface area contributed by atoms with Crippen molar-refractivity contribution in [2.45, 2.75) is 26.4 Å². The number of ether oxygens (including phenoxy) is 1. The van der Waals surface area contributed by atoms with Gasteiger partial charge in [0, 0.05) is 11.1 Å². The molecule has 1 atom stereocenters. The van der Waals surface area contributed by atoms with Crippen LogP contribution in [0, 0.1) is 6.92 Å². The Kier molecular flexibility index (Phi) is 4.35. The molecule has 1 N–H and O–H groups in total. The molecule has 1 aromatic heterocycles. The number of halogens is 2. The zero-order valence-corrected chi connectivity index (χ0v) is 12.5. The van der Waals surface area contributed by atoms with Crippen LogP contribution in [0.15, 0.2) is 18.2 Å². The minimum Gasteiger partial charge on any atom is -0.486 e. The van der Waals surface area contributed by atoms with Crippen molar-refractivity contribution in [3.8, 4) is 5.75 Å². The first-order valence-corrected chi connectivity index (χ1v) is 6.78. The Morgan fingerprint density at radius 3 is 2.75 bits per heavy atom. The van der Waals surface area contributed by atoms with E-state index in [1.165, 1.54) is 0 Å². The minimum atomic E-state index is -0.934. The number of carbonyl (C=O) groups is 1. The van der Waals surface area contributed by atoms with Gasteiger partial charge in [0.2, 0.25) is 0 Å². The normalized spacial score (nSPS) is 12.4. The highest BCUT2D eigenvalue weighted by molar-refractivity contribution is 6.39. The molecule has 0 unspecified atom stereocenters. The van der Waals surface area contributed by atoms with Gasteiger partial charge in [0.25, 0.3) is 0 Å². The molecular formula is C14H13Cl2NO3. The van der Waals surface area contributed by atoms with E-state index in [2.05, 4.69) is 4.98 Å². The number of carboxylic acid groups (broad SMARTS) is 1. The fourth-order valence-electron chi connectivity index (χ4n) is 1.89. The first-order chi connectivity index (χ1) is 9.38. The smallest absolute Gasteiger partial charge is 0.307 e. The van der Waals surface area contributed by atoms with Gasteiger partial charge in [0.05, 0.1) is 16.5 Å². The van der Waals surface area contributed by atoms with Crippen molar-refractivity contribution in [1.82, 2.24) is 4.98 Å². The highest BCUT2D eigenvalue weighted by Gasteiger charge is 2.17. The number of aliphatic carboxylic acids is 1. The monoisotopic (exact) mass is 313 g/mol. The number of fused-ring (bicyclic) bond motifs is 1. The third-order valence-electron chi connectivity index (χ3n) is 2.76. The number of benzene rings is 1. The second-order valence-electron chi connectivity index (χ2n) is 4.54. The van der Waals surface area contributed by atoms with Gasteiger partial charge in [-0.05, 0) is 32.0 Å². The molecule has 6 heteroatoms. The van der Waals surface area contributed by atoms with Crippen molar-refractivity contribution in [2.24, 2.45) is 0 Å². The van der Waals surface area contributed by atoms with Crippen LogP contribution in [0.5, 0.6) is 5.75 Å². The lowest BCUT2D eigenvalue weighted by atomic mass is 10.2. The molecule has 1 aromatic carbocycles. The Labute approximate surface area is 126 Å². The molecule has 0 aliphatic carbocycles. The molecule has 0 radical (unpaired) electrons. The van der Waals surface area contributed by atoms with E-state index in [1.807, 2.05) is 19.1 Å². The summed E-state index contributed by atoms with van der Waals surface area (Å²) in [6.07, 6.45) is -0.636. The highest BCUT2D eigenvalue weighted by atomic mass is 35.5. The fraction of sp³-hybridized carbons (Fsp3) is 0.286.